The van der Waals surface area contributed by atoms with Crippen LogP contribution in [0.1, 0.15) is 26.2 Å². The predicted octanol–water partition coefficient (Wildman–Crippen LogP) is 1.68. The molecular weight excluding hydrogens is 190 g/mol. The van der Waals surface area contributed by atoms with Crippen molar-refractivity contribution in [2.24, 2.45) is 5.92 Å². The fourth-order valence-corrected chi connectivity index (χ4v) is 1.92. The summed E-state index contributed by atoms with van der Waals surface area (Å²) < 4.78 is 0. The quantitative estimate of drug-likeness (QED) is 0.694. The third-order valence-corrected chi connectivity index (χ3v) is 2.81. The number of carbonyl (C=O) groups is 1. The van der Waals surface area contributed by atoms with Gasteiger partial charge in [0.15, 0.2) is 0 Å². The van der Waals surface area contributed by atoms with Crippen molar-refractivity contribution in [1.29, 1.82) is 5.26 Å². The molecule has 0 N–H and O–H groups in total. The van der Waals surface area contributed by atoms with Crippen LogP contribution in [-0.4, -0.2) is 42.5 Å². The molecule has 1 atom stereocenters. The van der Waals surface area contributed by atoms with Crippen LogP contribution < -0.4 is 0 Å². The van der Waals surface area contributed by atoms with E-state index >= 15 is 0 Å². The van der Waals surface area contributed by atoms with E-state index in [9.17, 15) is 4.79 Å². The lowest BCUT2D eigenvalue weighted by atomic mass is 10.0. The Morgan fingerprint density at radius 3 is 3.00 bits per heavy atom. The van der Waals surface area contributed by atoms with Gasteiger partial charge in [-0.05, 0) is 18.8 Å². The van der Waals surface area contributed by atoms with Crippen LogP contribution in [-0.2, 0) is 0 Å². The second-order valence-corrected chi connectivity index (χ2v) is 4.31. The van der Waals surface area contributed by atoms with E-state index < -0.39 is 0 Å². The van der Waals surface area contributed by atoms with Crippen molar-refractivity contribution in [2.45, 2.75) is 26.2 Å². The molecule has 1 heterocycles. The third-order valence-electron chi connectivity index (χ3n) is 2.81. The zero-order valence-corrected chi connectivity index (χ0v) is 9.57. The summed E-state index contributed by atoms with van der Waals surface area (Å²) >= 11 is 0. The minimum Gasteiger partial charge on any atom is -0.327 e. The van der Waals surface area contributed by atoms with Crippen LogP contribution in [0.25, 0.3) is 0 Å². The Balaban J connectivity index is 2.41. The maximum absolute atomic E-state index is 11.9. The van der Waals surface area contributed by atoms with E-state index in [0.29, 0.717) is 18.9 Å². The van der Waals surface area contributed by atoms with Crippen LogP contribution in [0.2, 0.25) is 0 Å². The first-order chi connectivity index (χ1) is 7.15. The predicted molar refractivity (Wildman–Crippen MR) is 58.2 cm³/mol. The Morgan fingerprint density at radius 2 is 2.40 bits per heavy atom. The first kappa shape index (κ1) is 11.8. The molecule has 0 saturated carbocycles. The SMILES string of the molecule is CC1CCCN(C(=O)N(C)CCC#N)C1. The maximum Gasteiger partial charge on any atom is 0.319 e. The number of likely N-dealkylation sites (tertiary alicyclic amines) is 1. The summed E-state index contributed by atoms with van der Waals surface area (Å²) in [7, 11) is 1.76. The Kier molecular flexibility index (Phi) is 4.41. The molecule has 0 bridgehead atoms. The van der Waals surface area contributed by atoms with E-state index in [1.165, 1.54) is 6.42 Å². The Bertz CT molecular complexity index is 259. The standard InChI is InChI=1S/C11H19N3O/c1-10-5-3-8-14(9-10)11(15)13(2)7-4-6-12/h10H,3-5,7-9H2,1-2H3. The second kappa shape index (κ2) is 5.59. The monoisotopic (exact) mass is 209 g/mol. The average Bonchev–Trinajstić information content (AvgIpc) is 2.24. The van der Waals surface area contributed by atoms with Gasteiger partial charge >= 0.3 is 6.03 Å². The van der Waals surface area contributed by atoms with E-state index in [-0.39, 0.29) is 6.03 Å². The lowest BCUT2D eigenvalue weighted by molar-refractivity contribution is 0.140. The number of carbonyl (C=O) groups excluding carboxylic acids is 1. The largest absolute Gasteiger partial charge is 0.327 e. The van der Waals surface area contributed by atoms with Gasteiger partial charge in [-0.15, -0.1) is 0 Å². The van der Waals surface area contributed by atoms with Gasteiger partial charge in [-0.2, -0.15) is 5.26 Å². The molecule has 1 unspecified atom stereocenters. The lowest BCUT2D eigenvalue weighted by Gasteiger charge is -2.33. The fourth-order valence-electron chi connectivity index (χ4n) is 1.92. The van der Waals surface area contributed by atoms with Crippen LogP contribution >= 0.6 is 0 Å². The minimum absolute atomic E-state index is 0.0665. The van der Waals surface area contributed by atoms with Gasteiger partial charge in [0.05, 0.1) is 12.5 Å². The topological polar surface area (TPSA) is 47.3 Å². The number of rotatable bonds is 2. The molecule has 4 heteroatoms. The van der Waals surface area contributed by atoms with Crippen LogP contribution in [0.15, 0.2) is 0 Å². The molecule has 0 aromatic rings. The first-order valence-electron chi connectivity index (χ1n) is 5.52. The number of piperidine rings is 1. The number of urea groups is 1. The number of nitriles is 1. The molecule has 0 aliphatic carbocycles. The molecule has 1 aliphatic rings. The Morgan fingerprint density at radius 1 is 1.67 bits per heavy atom. The van der Waals surface area contributed by atoms with Crippen molar-refractivity contribution in [3.05, 3.63) is 0 Å². The molecular formula is C11H19N3O. The number of nitrogens with zero attached hydrogens (tertiary/aromatic N) is 3. The zero-order valence-electron chi connectivity index (χ0n) is 9.57. The van der Waals surface area contributed by atoms with Crippen LogP contribution in [0.5, 0.6) is 0 Å². The van der Waals surface area contributed by atoms with Gasteiger partial charge in [0.1, 0.15) is 0 Å². The minimum atomic E-state index is 0.0665. The van der Waals surface area contributed by atoms with E-state index in [2.05, 4.69) is 13.0 Å². The molecule has 1 rings (SSSR count). The van der Waals surface area contributed by atoms with Gasteiger partial charge in [0, 0.05) is 26.7 Å². The molecule has 0 aromatic carbocycles. The molecule has 0 aromatic heterocycles. The highest BCUT2D eigenvalue weighted by molar-refractivity contribution is 5.74. The molecule has 4 nitrogen and oxygen atoms in total. The lowest BCUT2D eigenvalue weighted by Crippen LogP contribution is -2.45. The van der Waals surface area contributed by atoms with Crippen molar-refractivity contribution in [1.82, 2.24) is 9.80 Å². The van der Waals surface area contributed by atoms with Crippen LogP contribution in [0.4, 0.5) is 4.79 Å². The van der Waals surface area contributed by atoms with E-state index in [0.717, 1.165) is 19.5 Å². The van der Waals surface area contributed by atoms with Gasteiger partial charge in [0.25, 0.3) is 0 Å². The number of hydrogen-bond acceptors (Lipinski definition) is 2. The molecule has 2 amide bonds. The molecule has 1 fully saturated rings. The molecule has 0 radical (unpaired) electrons. The van der Waals surface area contributed by atoms with Gasteiger partial charge in [-0.3, -0.25) is 0 Å². The van der Waals surface area contributed by atoms with Crippen molar-refractivity contribution >= 4 is 6.03 Å². The highest BCUT2D eigenvalue weighted by Gasteiger charge is 2.22. The Labute approximate surface area is 91.5 Å². The normalized spacial score (nSPS) is 20.9. The van der Waals surface area contributed by atoms with Gasteiger partial charge in [-0.25, -0.2) is 4.79 Å². The molecule has 84 valence electrons. The van der Waals surface area contributed by atoms with E-state index in [1.807, 2.05) is 4.90 Å². The molecule has 15 heavy (non-hydrogen) atoms. The molecule has 1 saturated heterocycles. The number of amides is 2. The Hall–Kier alpha value is -1.24. The van der Waals surface area contributed by atoms with Gasteiger partial charge in [0.2, 0.25) is 0 Å². The first-order valence-corrected chi connectivity index (χ1v) is 5.52. The van der Waals surface area contributed by atoms with Gasteiger partial charge < -0.3 is 9.80 Å². The van der Waals surface area contributed by atoms with Crippen molar-refractivity contribution in [3.8, 4) is 6.07 Å². The smallest absolute Gasteiger partial charge is 0.319 e. The summed E-state index contributed by atoms with van der Waals surface area (Å²) in [6, 6.07) is 2.12. The average molecular weight is 209 g/mol. The highest BCUT2D eigenvalue weighted by atomic mass is 16.2. The van der Waals surface area contributed by atoms with Crippen molar-refractivity contribution < 1.29 is 4.79 Å². The third kappa shape index (κ3) is 3.43. The van der Waals surface area contributed by atoms with Crippen molar-refractivity contribution in [3.63, 3.8) is 0 Å². The summed E-state index contributed by atoms with van der Waals surface area (Å²) in [5.41, 5.74) is 0. The fraction of sp³-hybridized carbons (Fsp3) is 0.818. The van der Waals surface area contributed by atoms with E-state index in [1.54, 1.807) is 11.9 Å². The summed E-state index contributed by atoms with van der Waals surface area (Å²) in [5, 5.41) is 8.45. The zero-order chi connectivity index (χ0) is 11.3. The summed E-state index contributed by atoms with van der Waals surface area (Å²) in [4.78, 5) is 15.4. The maximum atomic E-state index is 11.9. The summed E-state index contributed by atoms with van der Waals surface area (Å²) in [6.45, 7) is 4.42. The number of hydrogen-bond donors (Lipinski definition) is 0. The second-order valence-electron chi connectivity index (χ2n) is 4.31. The van der Waals surface area contributed by atoms with Crippen molar-refractivity contribution in [2.75, 3.05) is 26.7 Å². The molecule has 1 aliphatic heterocycles. The van der Waals surface area contributed by atoms with Crippen LogP contribution in [0.3, 0.4) is 0 Å². The van der Waals surface area contributed by atoms with E-state index in [4.69, 9.17) is 5.26 Å². The summed E-state index contributed by atoms with van der Waals surface area (Å²) in [6.07, 6.45) is 2.72. The molecule has 0 spiro atoms. The van der Waals surface area contributed by atoms with Gasteiger partial charge in [-0.1, -0.05) is 6.92 Å². The van der Waals surface area contributed by atoms with Crippen LogP contribution in [0, 0.1) is 17.2 Å². The summed E-state index contributed by atoms with van der Waals surface area (Å²) in [5.74, 6) is 0.604. The highest BCUT2D eigenvalue weighted by Crippen LogP contribution is 2.16.